The van der Waals surface area contributed by atoms with Gasteiger partial charge in [-0.3, -0.25) is 14.2 Å². The Kier molecular flexibility index (Phi) is 5.16. The molecule has 156 valence electrons. The third-order valence-electron chi connectivity index (χ3n) is 5.06. The maximum atomic E-state index is 12.4. The molecule has 1 fully saturated rings. The van der Waals surface area contributed by atoms with E-state index >= 15 is 0 Å². The van der Waals surface area contributed by atoms with E-state index in [0.717, 1.165) is 0 Å². The van der Waals surface area contributed by atoms with E-state index in [4.69, 9.17) is 9.84 Å². The number of nitrogens with zero attached hydrogens (tertiary/aromatic N) is 3. The molecule has 11 nitrogen and oxygen atoms in total. The smallest absolute Gasteiger partial charge is 0.335 e. The van der Waals surface area contributed by atoms with E-state index in [1.165, 1.54) is 41.5 Å². The lowest BCUT2D eigenvalue weighted by Gasteiger charge is -2.16. The van der Waals surface area contributed by atoms with Crippen LogP contribution in [0.15, 0.2) is 41.7 Å². The summed E-state index contributed by atoms with van der Waals surface area (Å²) in [4.78, 5) is 45.7. The number of carboxylic acid groups (broad SMARTS) is 1. The molecular formula is C19H18N4O7. The van der Waals surface area contributed by atoms with Crippen molar-refractivity contribution in [3.05, 3.63) is 58.4 Å². The number of carbonyl (C=O) groups is 2. The predicted molar refractivity (Wildman–Crippen MR) is 101 cm³/mol. The molecule has 3 aromatic rings. The molecule has 1 aliphatic heterocycles. The van der Waals surface area contributed by atoms with Crippen molar-refractivity contribution >= 4 is 22.9 Å². The number of imidazole rings is 1. The molecule has 0 amide bonds. The van der Waals surface area contributed by atoms with Crippen LogP contribution in [0.5, 0.6) is 0 Å². The summed E-state index contributed by atoms with van der Waals surface area (Å²) in [7, 11) is 0. The van der Waals surface area contributed by atoms with Gasteiger partial charge in [-0.2, -0.15) is 0 Å². The van der Waals surface area contributed by atoms with Crippen molar-refractivity contribution in [3.63, 3.8) is 0 Å². The average Bonchev–Trinajstić information content (AvgIpc) is 3.29. The molecule has 11 heteroatoms. The van der Waals surface area contributed by atoms with E-state index < -0.39 is 36.1 Å². The number of hydrogen-bond acceptors (Lipinski definition) is 8. The maximum absolute atomic E-state index is 12.4. The van der Waals surface area contributed by atoms with Crippen molar-refractivity contribution in [2.45, 2.75) is 37.4 Å². The number of rotatable bonds is 6. The van der Waals surface area contributed by atoms with Crippen LogP contribution in [-0.2, 0) is 4.74 Å². The van der Waals surface area contributed by atoms with Gasteiger partial charge in [-0.05, 0) is 18.6 Å². The van der Waals surface area contributed by atoms with E-state index in [1.54, 1.807) is 0 Å². The molecular weight excluding hydrogens is 396 g/mol. The standard InChI is InChI=1S/C19H18N4O7/c24-11(9-2-1-3-10(6-9)19(28)29)4-5-12-14(25)15(26)18(30-12)23-8-22-13-16(23)20-7-21-17(13)27/h1-3,6-8,12,14-15,18,25-26H,4-5H2,(H,28,29)(H,20,21,27)/t12-,14-,15-,18-/m0/s1. The Labute approximate surface area is 168 Å². The Balaban J connectivity index is 1.48. The summed E-state index contributed by atoms with van der Waals surface area (Å²) in [6.07, 6.45) is -1.91. The van der Waals surface area contributed by atoms with E-state index in [9.17, 15) is 24.6 Å². The van der Waals surface area contributed by atoms with Gasteiger partial charge in [-0.1, -0.05) is 12.1 Å². The largest absolute Gasteiger partial charge is 0.478 e. The number of aromatic amines is 1. The van der Waals surface area contributed by atoms with E-state index in [1.807, 2.05) is 0 Å². The molecule has 0 saturated carbocycles. The number of aromatic nitrogens is 4. The van der Waals surface area contributed by atoms with E-state index in [0.29, 0.717) is 0 Å². The summed E-state index contributed by atoms with van der Waals surface area (Å²) in [6, 6.07) is 5.67. The maximum Gasteiger partial charge on any atom is 0.335 e. The fourth-order valence-corrected chi connectivity index (χ4v) is 3.49. The number of carbonyl (C=O) groups excluding carboxylic acids is 1. The number of H-pyrrole nitrogens is 1. The highest BCUT2D eigenvalue weighted by atomic mass is 16.6. The number of aromatic carboxylic acids is 1. The van der Waals surface area contributed by atoms with E-state index in [-0.39, 0.29) is 40.9 Å². The Bertz CT molecular complexity index is 1170. The lowest BCUT2D eigenvalue weighted by molar-refractivity contribution is -0.0369. The fraction of sp³-hybridized carbons (Fsp3) is 0.316. The highest BCUT2D eigenvalue weighted by Crippen LogP contribution is 2.33. The Morgan fingerprint density at radius 2 is 1.93 bits per heavy atom. The third kappa shape index (κ3) is 3.49. The quantitative estimate of drug-likeness (QED) is 0.409. The Morgan fingerprint density at radius 1 is 1.17 bits per heavy atom. The number of ketones is 1. The lowest BCUT2D eigenvalue weighted by Crippen LogP contribution is -2.31. The molecule has 2 aromatic heterocycles. The zero-order valence-corrected chi connectivity index (χ0v) is 15.5. The topological polar surface area (TPSA) is 168 Å². The first-order valence-electron chi connectivity index (χ1n) is 9.15. The number of ether oxygens (including phenoxy) is 1. The first-order valence-corrected chi connectivity index (χ1v) is 9.15. The van der Waals surface area contributed by atoms with Gasteiger partial charge < -0.3 is 25.0 Å². The minimum atomic E-state index is -1.32. The van der Waals surface area contributed by atoms with Gasteiger partial charge in [0.2, 0.25) is 0 Å². The second-order valence-corrected chi connectivity index (χ2v) is 6.95. The van der Waals surface area contributed by atoms with Crippen LogP contribution in [0.4, 0.5) is 0 Å². The van der Waals surface area contributed by atoms with Gasteiger partial charge in [-0.25, -0.2) is 14.8 Å². The summed E-state index contributed by atoms with van der Waals surface area (Å²) in [5.74, 6) is -1.45. The molecule has 30 heavy (non-hydrogen) atoms. The van der Waals surface area contributed by atoms with Crippen molar-refractivity contribution in [1.29, 1.82) is 0 Å². The van der Waals surface area contributed by atoms with Crippen LogP contribution in [0.3, 0.4) is 0 Å². The van der Waals surface area contributed by atoms with Crippen molar-refractivity contribution in [2.75, 3.05) is 0 Å². The normalized spacial score (nSPS) is 23.7. The van der Waals surface area contributed by atoms with Gasteiger partial charge in [0.05, 0.1) is 24.3 Å². The molecule has 0 bridgehead atoms. The number of Topliss-reactive ketones (excluding diaryl/α,β-unsaturated/α-hetero) is 1. The van der Waals surface area contributed by atoms with Gasteiger partial charge in [0.1, 0.15) is 12.2 Å². The fourth-order valence-electron chi connectivity index (χ4n) is 3.49. The van der Waals surface area contributed by atoms with Crippen LogP contribution in [0, 0.1) is 0 Å². The third-order valence-corrected chi connectivity index (χ3v) is 5.06. The highest BCUT2D eigenvalue weighted by molar-refractivity contribution is 5.98. The SMILES string of the molecule is O=C(O)c1cccc(C(=O)CC[C@@H]2O[C@H](n3cnc4c(=O)[nH]cnc43)[C@@H](O)[C@H]2O)c1. The van der Waals surface area contributed by atoms with Crippen LogP contribution >= 0.6 is 0 Å². The molecule has 0 unspecified atom stereocenters. The predicted octanol–water partition coefficient (Wildman–Crippen LogP) is 0.100. The zero-order valence-electron chi connectivity index (χ0n) is 15.5. The Hall–Kier alpha value is -3.41. The Morgan fingerprint density at radius 3 is 2.70 bits per heavy atom. The summed E-state index contributed by atoms with van der Waals surface area (Å²) >= 11 is 0. The van der Waals surface area contributed by atoms with Crippen LogP contribution < -0.4 is 5.56 Å². The second-order valence-electron chi connectivity index (χ2n) is 6.95. The van der Waals surface area contributed by atoms with Gasteiger partial charge in [0, 0.05) is 12.0 Å². The van der Waals surface area contributed by atoms with Gasteiger partial charge in [0.15, 0.2) is 23.2 Å². The molecule has 4 atom stereocenters. The van der Waals surface area contributed by atoms with Crippen LogP contribution in [0.2, 0.25) is 0 Å². The molecule has 1 saturated heterocycles. The number of fused-ring (bicyclic) bond motifs is 1. The van der Waals surface area contributed by atoms with E-state index in [2.05, 4.69) is 15.0 Å². The number of nitrogens with one attached hydrogen (secondary N) is 1. The van der Waals surface area contributed by atoms with Crippen molar-refractivity contribution in [3.8, 4) is 0 Å². The summed E-state index contributed by atoms with van der Waals surface area (Å²) in [5, 5.41) is 29.8. The number of hydrogen-bond donors (Lipinski definition) is 4. The average molecular weight is 414 g/mol. The molecule has 0 radical (unpaired) electrons. The van der Waals surface area contributed by atoms with Gasteiger partial charge >= 0.3 is 5.97 Å². The first kappa shape index (κ1) is 19.9. The summed E-state index contributed by atoms with van der Waals surface area (Å²) in [5.41, 5.74) is 0.0564. The monoisotopic (exact) mass is 414 g/mol. The first-order chi connectivity index (χ1) is 14.4. The lowest BCUT2D eigenvalue weighted by atomic mass is 10.00. The molecule has 1 aliphatic rings. The number of aliphatic hydroxyl groups is 2. The number of carboxylic acids is 1. The molecule has 3 heterocycles. The molecule has 1 aromatic carbocycles. The van der Waals surface area contributed by atoms with Gasteiger partial charge in [-0.15, -0.1) is 0 Å². The molecule has 4 N–H and O–H groups in total. The highest BCUT2D eigenvalue weighted by Gasteiger charge is 2.44. The summed E-state index contributed by atoms with van der Waals surface area (Å²) in [6.45, 7) is 0. The van der Waals surface area contributed by atoms with Crippen LogP contribution in [0.25, 0.3) is 11.2 Å². The number of benzene rings is 1. The number of aliphatic hydroxyl groups excluding tert-OH is 2. The van der Waals surface area contributed by atoms with Crippen molar-refractivity contribution in [1.82, 2.24) is 19.5 Å². The minimum Gasteiger partial charge on any atom is -0.478 e. The zero-order chi connectivity index (χ0) is 21.4. The van der Waals surface area contributed by atoms with Crippen molar-refractivity contribution < 1.29 is 29.6 Å². The molecule has 0 aliphatic carbocycles. The summed E-state index contributed by atoms with van der Waals surface area (Å²) < 4.78 is 7.11. The van der Waals surface area contributed by atoms with Crippen LogP contribution in [-0.4, -0.2) is 64.9 Å². The molecule has 4 rings (SSSR count). The second kappa shape index (κ2) is 7.78. The van der Waals surface area contributed by atoms with Crippen molar-refractivity contribution in [2.24, 2.45) is 0 Å². The van der Waals surface area contributed by atoms with Gasteiger partial charge in [0.25, 0.3) is 5.56 Å². The minimum absolute atomic E-state index is 0.00274. The van der Waals surface area contributed by atoms with Crippen LogP contribution in [0.1, 0.15) is 39.8 Å². The molecule has 0 spiro atoms.